The van der Waals surface area contributed by atoms with Crippen molar-refractivity contribution in [2.24, 2.45) is 0 Å². The van der Waals surface area contributed by atoms with Crippen LogP contribution in [0.4, 0.5) is 8.78 Å². The van der Waals surface area contributed by atoms with Gasteiger partial charge >= 0.3 is 0 Å². The summed E-state index contributed by atoms with van der Waals surface area (Å²) in [5, 5.41) is 2.90. The van der Waals surface area contributed by atoms with Crippen LogP contribution in [-0.2, 0) is 12.8 Å². The van der Waals surface area contributed by atoms with Crippen LogP contribution in [0.25, 0.3) is 73.6 Å². The predicted molar refractivity (Wildman–Crippen MR) is 286 cm³/mol. The zero-order chi connectivity index (χ0) is 44.9. The largest absolute Gasteiger partial charge is 0.206 e. The van der Waals surface area contributed by atoms with Gasteiger partial charge in [-0.2, -0.15) is 17.5 Å². The zero-order valence-electron chi connectivity index (χ0n) is 38.3. The average Bonchev–Trinajstić information content (AvgIpc) is 4.17. The van der Waals surface area contributed by atoms with Crippen molar-refractivity contribution in [2.75, 3.05) is 0 Å². The molecule has 0 radical (unpaired) electrons. The Morgan fingerprint density at radius 2 is 0.831 bits per heavy atom. The van der Waals surface area contributed by atoms with Gasteiger partial charge in [-0.3, -0.25) is 0 Å². The van der Waals surface area contributed by atoms with E-state index < -0.39 is 8.07 Å². The molecule has 8 aromatic rings. The number of halogens is 2. The smallest absolute Gasteiger partial charge is 0.134 e. The Hall–Kier alpha value is -3.04. The number of rotatable bonds is 24. The Morgan fingerprint density at radius 1 is 0.431 bits per heavy atom. The van der Waals surface area contributed by atoms with Crippen molar-refractivity contribution in [1.82, 2.24) is 17.5 Å². The molecule has 342 valence electrons. The van der Waals surface area contributed by atoms with Crippen molar-refractivity contribution in [2.45, 2.75) is 155 Å². The van der Waals surface area contributed by atoms with E-state index in [0.717, 1.165) is 66.6 Å². The second-order valence-corrected chi connectivity index (χ2v) is 27.8. The van der Waals surface area contributed by atoms with Gasteiger partial charge in [0.15, 0.2) is 0 Å². The van der Waals surface area contributed by atoms with Gasteiger partial charge in [-0.15, -0.1) is 45.3 Å². The normalized spacial score (nSPS) is 13.2. The fourth-order valence-corrected chi connectivity index (χ4v) is 22.8. The molecule has 0 spiro atoms. The molecule has 0 bridgehead atoms. The third-order valence-electron chi connectivity index (χ3n) is 13.5. The maximum absolute atomic E-state index is 17.0. The topological polar surface area (TPSA) is 51.6 Å². The number of aryl methyl sites for hydroxylation is 2. The number of thiophene rings is 4. The Balaban J connectivity index is 1.13. The van der Waals surface area contributed by atoms with Crippen molar-refractivity contribution in [3.63, 3.8) is 0 Å². The second kappa shape index (κ2) is 21.5. The van der Waals surface area contributed by atoms with Gasteiger partial charge in [-0.05, 0) is 96.7 Å². The third-order valence-corrected chi connectivity index (χ3v) is 25.0. The molecule has 0 saturated heterocycles. The minimum absolute atomic E-state index is 0.238. The molecule has 0 N–H and O–H groups in total. The molecule has 4 nitrogen and oxygen atoms in total. The summed E-state index contributed by atoms with van der Waals surface area (Å²) in [7, 11) is -2.38. The minimum Gasteiger partial charge on any atom is -0.206 e. The van der Waals surface area contributed by atoms with Gasteiger partial charge in [0, 0.05) is 50.1 Å². The maximum Gasteiger partial charge on any atom is 0.134 e. The highest BCUT2D eigenvalue weighted by molar-refractivity contribution is 7.31. The first kappa shape index (κ1) is 47.0. The fourth-order valence-electron chi connectivity index (χ4n) is 10.0. The highest BCUT2D eigenvalue weighted by Gasteiger charge is 2.48. The van der Waals surface area contributed by atoms with E-state index in [0.29, 0.717) is 22.2 Å². The lowest BCUT2D eigenvalue weighted by molar-refractivity contribution is 0.633. The van der Waals surface area contributed by atoms with Crippen molar-refractivity contribution in [3.05, 3.63) is 69.9 Å². The summed E-state index contributed by atoms with van der Waals surface area (Å²) < 4.78 is 53.2. The molecule has 1 aliphatic heterocycles. The van der Waals surface area contributed by atoms with E-state index in [1.807, 2.05) is 0 Å². The number of benzene rings is 2. The van der Waals surface area contributed by atoms with E-state index in [2.05, 4.69) is 64.1 Å². The first-order chi connectivity index (χ1) is 31.9. The van der Waals surface area contributed by atoms with Crippen LogP contribution in [-0.4, -0.2) is 25.6 Å². The van der Waals surface area contributed by atoms with Crippen LogP contribution < -0.4 is 10.4 Å². The number of hydrogen-bond acceptors (Lipinski definition) is 10. The molecule has 6 aromatic heterocycles. The van der Waals surface area contributed by atoms with Crippen molar-refractivity contribution < 1.29 is 8.78 Å². The van der Waals surface area contributed by atoms with E-state index in [-0.39, 0.29) is 11.6 Å². The monoisotopic (exact) mass is 998 g/mol. The van der Waals surface area contributed by atoms with Crippen LogP contribution in [0.15, 0.2) is 48.5 Å². The van der Waals surface area contributed by atoms with E-state index in [4.69, 9.17) is 17.5 Å². The maximum atomic E-state index is 17.0. The average molecular weight is 1000 g/mol. The Labute approximate surface area is 409 Å². The van der Waals surface area contributed by atoms with Crippen LogP contribution in [0.1, 0.15) is 140 Å². The number of hydrogen-bond donors (Lipinski definition) is 0. The molecule has 7 heterocycles. The minimum atomic E-state index is -2.38. The van der Waals surface area contributed by atoms with Crippen LogP contribution in [0.3, 0.4) is 0 Å². The van der Waals surface area contributed by atoms with Crippen LogP contribution in [0, 0.1) is 11.6 Å². The zero-order valence-corrected chi connectivity index (χ0v) is 44.2. The Kier molecular flexibility index (Phi) is 15.6. The van der Waals surface area contributed by atoms with Gasteiger partial charge in [-0.1, -0.05) is 118 Å². The first-order valence-electron chi connectivity index (χ1n) is 24.3. The lowest BCUT2D eigenvalue weighted by atomic mass is 10.0. The van der Waals surface area contributed by atoms with E-state index >= 15 is 8.78 Å². The SMILES string of the molecule is CCCCCCc1ccc(-c2cc(F)c(-c3cc4c(s3)-c3sc(-c5c(F)cc(-c6ccc(CCCCCC)s6)c6nsnc56)cc3[Si]4(CCCCCC)CCCCCC)c3nsnc23)s1. The van der Waals surface area contributed by atoms with Crippen molar-refractivity contribution in [1.29, 1.82) is 0 Å². The van der Waals surface area contributed by atoms with Crippen molar-refractivity contribution >= 4 is 109 Å². The summed E-state index contributed by atoms with van der Waals surface area (Å²) in [6.45, 7) is 9.04. The summed E-state index contributed by atoms with van der Waals surface area (Å²) in [6, 6.07) is 19.2. The fraction of sp³-hybridized carbons (Fsp3) is 0.462. The molecule has 0 unspecified atom stereocenters. The lowest BCUT2D eigenvalue weighted by Gasteiger charge is -2.29. The summed E-state index contributed by atoms with van der Waals surface area (Å²) in [6.07, 6.45) is 21.4. The van der Waals surface area contributed by atoms with Gasteiger partial charge in [0.1, 0.15) is 41.8 Å². The number of nitrogens with zero attached hydrogens (tertiary/aromatic N) is 4. The van der Waals surface area contributed by atoms with Gasteiger partial charge < -0.3 is 0 Å². The molecule has 0 saturated carbocycles. The molecule has 2 aromatic carbocycles. The van der Waals surface area contributed by atoms with Crippen LogP contribution in [0.2, 0.25) is 12.1 Å². The molecule has 0 fully saturated rings. The molecule has 13 heteroatoms. The highest BCUT2D eigenvalue weighted by Crippen LogP contribution is 2.50. The van der Waals surface area contributed by atoms with E-state index in [9.17, 15) is 0 Å². The summed E-state index contributed by atoms with van der Waals surface area (Å²) in [5.74, 6) is -0.476. The highest BCUT2D eigenvalue weighted by atomic mass is 32.1. The Bertz CT molecular complexity index is 2670. The molecule has 1 aliphatic rings. The molecule has 9 rings (SSSR count). The summed E-state index contributed by atoms with van der Waals surface area (Å²) in [5.41, 5.74) is 5.69. The van der Waals surface area contributed by atoms with Crippen molar-refractivity contribution in [3.8, 4) is 51.5 Å². The molecular formula is C52H60F2N4S6Si. The number of unbranched alkanes of at least 4 members (excludes halogenated alkanes) is 12. The third kappa shape index (κ3) is 9.55. The van der Waals surface area contributed by atoms with Crippen LogP contribution in [0.5, 0.6) is 0 Å². The van der Waals surface area contributed by atoms with Crippen LogP contribution >= 0.6 is 68.8 Å². The van der Waals surface area contributed by atoms with Gasteiger partial charge in [-0.25, -0.2) is 8.78 Å². The predicted octanol–water partition coefficient (Wildman–Crippen LogP) is 17.8. The molecule has 0 atom stereocenters. The van der Waals surface area contributed by atoms with Gasteiger partial charge in [0.25, 0.3) is 0 Å². The number of aromatic nitrogens is 4. The second-order valence-electron chi connectivity index (χ2n) is 18.0. The molecular weight excluding hydrogens is 939 g/mol. The van der Waals surface area contributed by atoms with E-state index in [1.54, 1.807) is 57.5 Å². The summed E-state index contributed by atoms with van der Waals surface area (Å²) >= 11 is 9.29. The first-order valence-corrected chi connectivity index (χ1v) is 31.4. The molecule has 65 heavy (non-hydrogen) atoms. The number of fused-ring (bicyclic) bond motifs is 5. The van der Waals surface area contributed by atoms with Gasteiger partial charge in [0.05, 0.1) is 34.6 Å². The van der Waals surface area contributed by atoms with E-state index in [1.165, 1.54) is 156 Å². The summed E-state index contributed by atoms with van der Waals surface area (Å²) in [4.78, 5) is 9.15. The lowest BCUT2D eigenvalue weighted by Crippen LogP contribution is -2.54. The molecule has 0 amide bonds. The Morgan fingerprint density at radius 3 is 1.25 bits per heavy atom. The van der Waals surface area contributed by atoms with Gasteiger partial charge in [0.2, 0.25) is 0 Å². The standard InChI is InChI=1S/C52H60F2N4S6Si/c1-5-9-13-17-21-33-23-25-39(59-33)35-29-37(53)45(49-47(35)55-63-57-49)41-31-43-51(61-41)52-44(65(43,27-19-15-11-7-3)28-20-16-12-8-4)32-42(62-52)46-38(54)30-36(48-50(46)58-64-56-48)40-26-24-34(60-40)22-18-14-10-6-2/h23-26,29-32H,5-22,27-28H2,1-4H3. The molecule has 0 aliphatic carbocycles. The quantitative estimate of drug-likeness (QED) is 0.0447.